The normalized spacial score (nSPS) is 11.3. The molecule has 11 rings (SSSR count). The monoisotopic (exact) mass is 863 g/mol. The number of rotatable bonds is 10. The number of anilines is 6. The number of aromatic nitrogens is 3. The van der Waals surface area contributed by atoms with Crippen molar-refractivity contribution in [1.82, 2.24) is 14.5 Å². The Kier molecular flexibility index (Phi) is 10.7. The summed E-state index contributed by atoms with van der Waals surface area (Å²) < 4.78 is 2.40. The van der Waals surface area contributed by atoms with E-state index in [9.17, 15) is 0 Å². The first-order valence-electron chi connectivity index (χ1n) is 22.9. The van der Waals surface area contributed by atoms with E-state index in [4.69, 9.17) is 9.97 Å². The zero-order valence-electron chi connectivity index (χ0n) is 38.1. The van der Waals surface area contributed by atoms with Crippen molar-refractivity contribution in [1.29, 1.82) is 0 Å². The maximum Gasteiger partial charge on any atom is 0.160 e. The molecule has 0 aliphatic heterocycles. The predicted molar refractivity (Wildman–Crippen MR) is 281 cm³/mol. The summed E-state index contributed by atoms with van der Waals surface area (Å²) in [6, 6.07) is 80.5. The van der Waals surface area contributed by atoms with Crippen molar-refractivity contribution >= 4 is 55.9 Å². The highest BCUT2D eigenvalue weighted by atomic mass is 15.1. The van der Waals surface area contributed by atoms with Crippen LogP contribution in [0.5, 0.6) is 0 Å². The first-order valence-corrected chi connectivity index (χ1v) is 22.9. The fourth-order valence-electron chi connectivity index (χ4n) is 9.23. The SMILES string of the molecule is Cc1ccc(N(c2ccc(C)cc2)c2ccc3c(c2)c2cc(N(c4ccccc4)c4ccccc4)ccc2n3-c2ccc(-c3cc(-c4cccc(C)c4)nc(-c4cccc(C)c4)n3)cc2)cc1. The molecule has 0 bridgehead atoms. The molecule has 2 heterocycles. The van der Waals surface area contributed by atoms with Crippen LogP contribution in [0.4, 0.5) is 34.1 Å². The fourth-order valence-corrected chi connectivity index (χ4v) is 9.23. The van der Waals surface area contributed by atoms with Gasteiger partial charge in [0.1, 0.15) is 0 Å². The van der Waals surface area contributed by atoms with Crippen LogP contribution in [0.15, 0.2) is 224 Å². The molecule has 0 amide bonds. The number of benzene rings is 9. The van der Waals surface area contributed by atoms with Gasteiger partial charge in [-0.3, -0.25) is 0 Å². The molecule has 0 atom stereocenters. The van der Waals surface area contributed by atoms with Crippen molar-refractivity contribution in [2.45, 2.75) is 27.7 Å². The Morgan fingerprint density at radius 1 is 0.313 bits per heavy atom. The van der Waals surface area contributed by atoms with Crippen LogP contribution in [0, 0.1) is 27.7 Å². The third-order valence-electron chi connectivity index (χ3n) is 12.6. The van der Waals surface area contributed by atoms with Gasteiger partial charge in [-0.2, -0.15) is 0 Å². The lowest BCUT2D eigenvalue weighted by molar-refractivity contribution is 1.17. The molecule has 0 aliphatic carbocycles. The molecule has 0 aliphatic rings. The van der Waals surface area contributed by atoms with Gasteiger partial charge in [0.2, 0.25) is 0 Å². The second-order valence-corrected chi connectivity index (χ2v) is 17.5. The van der Waals surface area contributed by atoms with Crippen LogP contribution in [0.2, 0.25) is 0 Å². The first kappa shape index (κ1) is 41.2. The molecule has 5 nitrogen and oxygen atoms in total. The molecule has 11 aromatic rings. The van der Waals surface area contributed by atoms with Crippen molar-refractivity contribution in [3.63, 3.8) is 0 Å². The van der Waals surface area contributed by atoms with Gasteiger partial charge in [0.25, 0.3) is 0 Å². The highest BCUT2D eigenvalue weighted by Gasteiger charge is 2.21. The van der Waals surface area contributed by atoms with Gasteiger partial charge in [0.15, 0.2) is 5.82 Å². The highest BCUT2D eigenvalue weighted by molar-refractivity contribution is 6.12. The van der Waals surface area contributed by atoms with Crippen LogP contribution >= 0.6 is 0 Å². The average molecular weight is 864 g/mol. The molecule has 0 saturated carbocycles. The van der Waals surface area contributed by atoms with Crippen molar-refractivity contribution in [3.8, 4) is 39.6 Å². The van der Waals surface area contributed by atoms with E-state index >= 15 is 0 Å². The van der Waals surface area contributed by atoms with E-state index in [1.54, 1.807) is 0 Å². The van der Waals surface area contributed by atoms with Crippen molar-refractivity contribution in [3.05, 3.63) is 247 Å². The number of hydrogen-bond donors (Lipinski definition) is 0. The van der Waals surface area contributed by atoms with E-state index in [-0.39, 0.29) is 0 Å². The van der Waals surface area contributed by atoms with Gasteiger partial charge in [-0.15, -0.1) is 0 Å². The van der Waals surface area contributed by atoms with Crippen LogP contribution in [0.1, 0.15) is 22.3 Å². The predicted octanol–water partition coefficient (Wildman–Crippen LogP) is 16.7. The third-order valence-corrected chi connectivity index (χ3v) is 12.6. The Labute approximate surface area is 392 Å². The van der Waals surface area contributed by atoms with Crippen LogP contribution in [0.25, 0.3) is 61.4 Å². The minimum absolute atomic E-state index is 0.709. The Balaban J connectivity index is 1.09. The van der Waals surface area contributed by atoms with Gasteiger partial charge in [-0.1, -0.05) is 131 Å². The number of aryl methyl sites for hydroxylation is 4. The Morgan fingerprint density at radius 3 is 1.24 bits per heavy atom. The topological polar surface area (TPSA) is 37.2 Å². The van der Waals surface area contributed by atoms with Gasteiger partial charge in [-0.05, 0) is 143 Å². The standard InChI is InChI=1S/C62H49N5/c1-42-21-27-51(28-22-42)66(52-29-23-43(2)24-30-52)55-34-36-61-57(40-55)56-39-54(65(49-17-7-5-8-18-49)50-19-9-6-10-20-50)33-35-60(56)67(61)53-31-25-46(26-32-53)58-41-59(47-15-11-13-44(3)37-47)64-62(63-58)48-16-12-14-45(4)38-48/h5-41H,1-4H3. The van der Waals surface area contributed by atoms with Gasteiger partial charge in [-0.25, -0.2) is 9.97 Å². The zero-order valence-corrected chi connectivity index (χ0v) is 38.1. The van der Waals surface area contributed by atoms with E-state index in [2.05, 4.69) is 267 Å². The molecule has 2 aromatic heterocycles. The first-order chi connectivity index (χ1) is 32.8. The maximum absolute atomic E-state index is 5.19. The summed E-state index contributed by atoms with van der Waals surface area (Å²) in [5, 5.41) is 2.31. The summed E-state index contributed by atoms with van der Waals surface area (Å²) in [5.41, 5.74) is 19.5. The Hall–Kier alpha value is -8.54. The molecule has 322 valence electrons. The van der Waals surface area contributed by atoms with Crippen molar-refractivity contribution < 1.29 is 0 Å². The molecule has 0 unspecified atom stereocenters. The second kappa shape index (κ2) is 17.4. The molecule has 9 aromatic carbocycles. The molecule has 0 fully saturated rings. The fraction of sp³-hybridized carbons (Fsp3) is 0.0645. The number of nitrogens with zero attached hydrogens (tertiary/aromatic N) is 5. The van der Waals surface area contributed by atoms with E-state index in [0.717, 1.165) is 89.7 Å². The summed E-state index contributed by atoms with van der Waals surface area (Å²) in [4.78, 5) is 15.0. The van der Waals surface area contributed by atoms with Crippen molar-refractivity contribution in [2.75, 3.05) is 9.80 Å². The van der Waals surface area contributed by atoms with Crippen LogP contribution < -0.4 is 9.80 Å². The van der Waals surface area contributed by atoms with Gasteiger partial charge < -0.3 is 14.4 Å². The molecule has 0 saturated heterocycles. The Morgan fingerprint density at radius 2 is 0.746 bits per heavy atom. The van der Waals surface area contributed by atoms with Crippen molar-refractivity contribution in [2.24, 2.45) is 0 Å². The minimum Gasteiger partial charge on any atom is -0.310 e. The molecule has 67 heavy (non-hydrogen) atoms. The summed E-state index contributed by atoms with van der Waals surface area (Å²) in [7, 11) is 0. The van der Waals surface area contributed by atoms with E-state index in [1.807, 2.05) is 0 Å². The summed E-state index contributed by atoms with van der Waals surface area (Å²) in [5.74, 6) is 0.709. The molecule has 5 heteroatoms. The third kappa shape index (κ3) is 8.13. The number of hydrogen-bond acceptors (Lipinski definition) is 4. The van der Waals surface area contributed by atoms with Crippen LogP contribution in [0.3, 0.4) is 0 Å². The van der Waals surface area contributed by atoms with Gasteiger partial charge >= 0.3 is 0 Å². The maximum atomic E-state index is 5.19. The van der Waals surface area contributed by atoms with E-state index < -0.39 is 0 Å². The molecular formula is C62H49N5. The molecule has 0 radical (unpaired) electrons. The summed E-state index contributed by atoms with van der Waals surface area (Å²) >= 11 is 0. The lowest BCUT2D eigenvalue weighted by atomic mass is 10.0. The number of fused-ring (bicyclic) bond motifs is 3. The van der Waals surface area contributed by atoms with Crippen LogP contribution in [-0.2, 0) is 0 Å². The van der Waals surface area contributed by atoms with Gasteiger partial charge in [0.05, 0.1) is 22.4 Å². The molecule has 0 N–H and O–H groups in total. The minimum atomic E-state index is 0.709. The molecule has 0 spiro atoms. The van der Waals surface area contributed by atoms with Crippen LogP contribution in [-0.4, -0.2) is 14.5 Å². The Bertz CT molecular complexity index is 3390. The zero-order chi connectivity index (χ0) is 45.4. The number of para-hydroxylation sites is 2. The van der Waals surface area contributed by atoms with Gasteiger partial charge in [0, 0.05) is 67.3 Å². The second-order valence-electron chi connectivity index (χ2n) is 17.5. The summed E-state index contributed by atoms with van der Waals surface area (Å²) in [6.07, 6.45) is 0. The smallest absolute Gasteiger partial charge is 0.160 e. The lowest BCUT2D eigenvalue weighted by Gasteiger charge is -2.26. The lowest BCUT2D eigenvalue weighted by Crippen LogP contribution is -2.10. The largest absolute Gasteiger partial charge is 0.310 e. The summed E-state index contributed by atoms with van der Waals surface area (Å²) in [6.45, 7) is 8.50. The quantitative estimate of drug-likeness (QED) is 0.137. The average Bonchev–Trinajstić information content (AvgIpc) is 3.69. The van der Waals surface area contributed by atoms with E-state index in [1.165, 1.54) is 22.3 Å². The highest BCUT2D eigenvalue weighted by Crippen LogP contribution is 2.43. The van der Waals surface area contributed by atoms with E-state index in [0.29, 0.717) is 5.82 Å². The molecular weight excluding hydrogens is 815 g/mol.